The van der Waals surface area contributed by atoms with E-state index in [1.165, 1.54) is 24.3 Å². The third-order valence-corrected chi connectivity index (χ3v) is 6.12. The fourth-order valence-corrected chi connectivity index (χ4v) is 4.47. The molecule has 2 aliphatic rings. The first kappa shape index (κ1) is 19.7. The molecule has 0 aliphatic carbocycles. The number of amides is 2. The van der Waals surface area contributed by atoms with Crippen molar-refractivity contribution in [3.05, 3.63) is 64.7 Å². The number of carbonyl (C=O) groups excluding carboxylic acids is 2. The smallest absolute Gasteiger partial charge is 0.275 e. The molecule has 3 N–H and O–H groups in total. The molecule has 0 saturated carbocycles. The fourth-order valence-electron chi connectivity index (χ4n) is 3.53. The number of benzene rings is 1. The molecule has 1 aromatic heterocycles. The second-order valence-corrected chi connectivity index (χ2v) is 8.09. The van der Waals surface area contributed by atoms with Crippen LogP contribution in [-0.2, 0) is 17.0 Å². The molecule has 0 bridgehead atoms. The number of nitrogens with zero attached hydrogens (tertiary/aromatic N) is 2. The van der Waals surface area contributed by atoms with Gasteiger partial charge in [-0.1, -0.05) is 24.3 Å². The molecule has 2 aromatic rings. The number of aromatic nitrogens is 2. The van der Waals surface area contributed by atoms with Gasteiger partial charge in [-0.25, -0.2) is 4.39 Å². The molecule has 3 heterocycles. The Morgan fingerprint density at radius 3 is 2.97 bits per heavy atom. The maximum atomic E-state index is 13.0. The topological polar surface area (TPSA) is 98.3 Å². The van der Waals surface area contributed by atoms with Crippen molar-refractivity contribution in [3.8, 4) is 0 Å². The van der Waals surface area contributed by atoms with E-state index >= 15 is 0 Å². The second kappa shape index (κ2) is 8.38. The van der Waals surface area contributed by atoms with Crippen molar-refractivity contribution in [2.24, 2.45) is 0 Å². The molecule has 0 saturated heterocycles. The summed E-state index contributed by atoms with van der Waals surface area (Å²) in [6.07, 6.45) is 3.14. The second-order valence-electron chi connectivity index (χ2n) is 6.98. The minimum absolute atomic E-state index is 0.168. The van der Waals surface area contributed by atoms with Gasteiger partial charge in [0.1, 0.15) is 5.82 Å². The third kappa shape index (κ3) is 4.06. The van der Waals surface area contributed by atoms with Gasteiger partial charge in [0.15, 0.2) is 11.8 Å². The van der Waals surface area contributed by atoms with Crippen molar-refractivity contribution >= 4 is 23.6 Å². The third-order valence-electron chi connectivity index (χ3n) is 5.14. The molecule has 2 amide bonds. The normalized spacial score (nSPS) is 19.1. The monoisotopic (exact) mass is 416 g/mol. The van der Waals surface area contributed by atoms with E-state index in [0.717, 1.165) is 29.2 Å². The predicted octanol–water partition coefficient (Wildman–Crippen LogP) is 1.57. The van der Waals surface area contributed by atoms with Gasteiger partial charge in [-0.05, 0) is 29.9 Å². The molecular weight excluding hydrogens is 395 g/mol. The number of rotatable bonds is 5. The number of carbonyl (C=O) groups is 2. The molecule has 29 heavy (non-hydrogen) atoms. The Kier molecular flexibility index (Phi) is 5.68. The summed E-state index contributed by atoms with van der Waals surface area (Å²) in [5.74, 6) is 0.586. The zero-order valence-electron chi connectivity index (χ0n) is 15.6. The lowest BCUT2D eigenvalue weighted by molar-refractivity contribution is -0.129. The zero-order valence-corrected chi connectivity index (χ0v) is 16.4. The Hall–Kier alpha value is -2.65. The number of hydrogen-bond acceptors (Lipinski definition) is 5. The largest absolute Gasteiger partial charge is 0.378 e. The summed E-state index contributed by atoms with van der Waals surface area (Å²) in [7, 11) is 0. The van der Waals surface area contributed by atoms with Crippen LogP contribution < -0.4 is 5.32 Å². The Labute approximate surface area is 171 Å². The average molecular weight is 416 g/mol. The number of H-pyrrole nitrogens is 1. The highest BCUT2D eigenvalue weighted by molar-refractivity contribution is 7.98. The number of thioether (sulfide) groups is 1. The molecule has 2 atom stereocenters. The molecule has 9 heteroatoms. The lowest BCUT2D eigenvalue weighted by Gasteiger charge is -2.25. The number of nitrogens with one attached hydrogen (secondary N) is 2. The molecule has 1 aromatic carbocycles. The van der Waals surface area contributed by atoms with Crippen molar-refractivity contribution in [3.63, 3.8) is 0 Å². The molecule has 2 aliphatic heterocycles. The number of halogens is 1. The van der Waals surface area contributed by atoms with Crippen LogP contribution in [0.1, 0.15) is 33.4 Å². The van der Waals surface area contributed by atoms with E-state index in [9.17, 15) is 19.1 Å². The van der Waals surface area contributed by atoms with Crippen molar-refractivity contribution < 1.29 is 19.1 Å². The number of hydrogen-bond donors (Lipinski definition) is 3. The lowest BCUT2D eigenvalue weighted by atomic mass is 10.1. The van der Waals surface area contributed by atoms with E-state index in [2.05, 4.69) is 15.5 Å². The average Bonchev–Trinajstić information content (AvgIpc) is 3.38. The Morgan fingerprint density at radius 2 is 2.17 bits per heavy atom. The van der Waals surface area contributed by atoms with Crippen LogP contribution in [0.25, 0.3) is 0 Å². The van der Waals surface area contributed by atoms with Crippen molar-refractivity contribution in [2.75, 3.05) is 18.8 Å². The molecule has 0 spiro atoms. The molecule has 152 valence electrons. The van der Waals surface area contributed by atoms with Crippen molar-refractivity contribution in [1.82, 2.24) is 20.4 Å². The van der Waals surface area contributed by atoms with Gasteiger partial charge < -0.3 is 15.3 Å². The lowest BCUT2D eigenvalue weighted by Crippen LogP contribution is -2.44. The molecule has 1 unspecified atom stereocenters. The summed E-state index contributed by atoms with van der Waals surface area (Å²) >= 11 is 1.81. The van der Waals surface area contributed by atoms with Gasteiger partial charge in [0.05, 0.1) is 6.04 Å². The van der Waals surface area contributed by atoms with Gasteiger partial charge >= 0.3 is 0 Å². The number of fused-ring (bicyclic) bond motifs is 1. The minimum atomic E-state index is -1.40. The number of aliphatic hydroxyl groups is 1. The van der Waals surface area contributed by atoms with Gasteiger partial charge in [0.2, 0.25) is 0 Å². The quantitative estimate of drug-likeness (QED) is 0.643. The van der Waals surface area contributed by atoms with E-state index in [-0.39, 0.29) is 18.5 Å². The van der Waals surface area contributed by atoms with E-state index in [0.29, 0.717) is 17.8 Å². The standard InChI is InChI=1S/C20H21FN4O3S/c21-13-5-3-12(4-6-13)18(26)19(27)22-10-14-2-1-8-25(14)20(28)17-15-7-9-29-11-16(15)23-24-17/h1-6,14,18,26H,7-11H2,(H,22,27)(H,23,24)/t14?,18-/m0/s1. The first-order chi connectivity index (χ1) is 14.0. The molecule has 0 fully saturated rings. The van der Waals surface area contributed by atoms with Crippen LogP contribution in [0, 0.1) is 5.82 Å². The van der Waals surface area contributed by atoms with Crippen LogP contribution in [0.3, 0.4) is 0 Å². The highest BCUT2D eigenvalue weighted by atomic mass is 32.2. The number of aromatic amines is 1. The predicted molar refractivity (Wildman–Crippen MR) is 107 cm³/mol. The summed E-state index contributed by atoms with van der Waals surface area (Å²) < 4.78 is 13.0. The van der Waals surface area contributed by atoms with E-state index in [1.807, 2.05) is 23.9 Å². The van der Waals surface area contributed by atoms with Gasteiger partial charge in [-0.3, -0.25) is 14.7 Å². The van der Waals surface area contributed by atoms with Crippen LogP contribution in [0.2, 0.25) is 0 Å². The van der Waals surface area contributed by atoms with Crippen LogP contribution in [0.15, 0.2) is 36.4 Å². The fraction of sp³-hybridized carbons (Fsp3) is 0.350. The van der Waals surface area contributed by atoms with Gasteiger partial charge in [-0.2, -0.15) is 16.9 Å². The highest BCUT2D eigenvalue weighted by Gasteiger charge is 2.31. The summed E-state index contributed by atoms with van der Waals surface area (Å²) in [6, 6.07) is 4.79. The van der Waals surface area contributed by atoms with Crippen LogP contribution in [0.4, 0.5) is 4.39 Å². The molecule has 4 rings (SSSR count). The minimum Gasteiger partial charge on any atom is -0.378 e. The Morgan fingerprint density at radius 1 is 1.38 bits per heavy atom. The van der Waals surface area contributed by atoms with Crippen molar-refractivity contribution in [1.29, 1.82) is 0 Å². The van der Waals surface area contributed by atoms with Gasteiger partial charge in [0.25, 0.3) is 11.8 Å². The Balaban J connectivity index is 1.39. The Bertz CT molecular complexity index is 944. The van der Waals surface area contributed by atoms with Gasteiger partial charge in [-0.15, -0.1) is 0 Å². The highest BCUT2D eigenvalue weighted by Crippen LogP contribution is 2.26. The van der Waals surface area contributed by atoms with Crippen LogP contribution in [-0.4, -0.2) is 56.9 Å². The summed E-state index contributed by atoms with van der Waals surface area (Å²) in [4.78, 5) is 27.0. The molecular formula is C20H21FN4O3S. The van der Waals surface area contributed by atoms with Crippen LogP contribution in [0.5, 0.6) is 0 Å². The summed E-state index contributed by atoms with van der Waals surface area (Å²) in [5, 5.41) is 20.0. The van der Waals surface area contributed by atoms with Gasteiger partial charge in [0, 0.05) is 30.1 Å². The van der Waals surface area contributed by atoms with Crippen molar-refractivity contribution in [2.45, 2.75) is 24.3 Å². The first-order valence-corrected chi connectivity index (χ1v) is 10.5. The summed E-state index contributed by atoms with van der Waals surface area (Å²) in [5.41, 5.74) is 2.74. The van der Waals surface area contributed by atoms with E-state index < -0.39 is 17.8 Å². The zero-order chi connectivity index (χ0) is 20.4. The van der Waals surface area contributed by atoms with E-state index in [1.54, 1.807) is 4.90 Å². The van der Waals surface area contributed by atoms with E-state index in [4.69, 9.17) is 0 Å². The first-order valence-electron chi connectivity index (χ1n) is 9.37. The molecule has 7 nitrogen and oxygen atoms in total. The van der Waals surface area contributed by atoms with Crippen LogP contribution >= 0.6 is 11.8 Å². The maximum Gasteiger partial charge on any atom is 0.275 e. The maximum absolute atomic E-state index is 13.0. The SMILES string of the molecule is O=C(NCC1C=CCN1C(=O)c1n[nH]c2c1CCSC2)[C@@H](O)c1ccc(F)cc1. The number of aliphatic hydroxyl groups excluding tert-OH is 1. The molecule has 0 radical (unpaired) electrons. The summed E-state index contributed by atoms with van der Waals surface area (Å²) in [6.45, 7) is 0.609.